The van der Waals surface area contributed by atoms with Crippen LogP contribution in [-0.2, 0) is 29.2 Å². The van der Waals surface area contributed by atoms with Crippen molar-refractivity contribution in [3.8, 4) is 0 Å². The topological polar surface area (TPSA) is 93.5 Å². The van der Waals surface area contributed by atoms with Gasteiger partial charge in [-0.1, -0.05) is 60.2 Å². The third-order valence-electron chi connectivity index (χ3n) is 5.98. The van der Waals surface area contributed by atoms with Crippen molar-refractivity contribution in [1.29, 1.82) is 0 Å². The summed E-state index contributed by atoms with van der Waals surface area (Å²) in [6, 6.07) is 17.3. The summed E-state index contributed by atoms with van der Waals surface area (Å²) in [4.78, 5) is 44.9. The van der Waals surface area contributed by atoms with Gasteiger partial charge in [0, 0.05) is 13.1 Å². The number of amides is 2. The van der Waals surface area contributed by atoms with Crippen LogP contribution in [-0.4, -0.2) is 44.9 Å². The molecule has 0 bridgehead atoms. The summed E-state index contributed by atoms with van der Waals surface area (Å²) in [5.74, 6) is -1.42. The number of aromatic nitrogens is 2. The summed E-state index contributed by atoms with van der Waals surface area (Å²) in [7, 11) is 1.24. The Hall–Kier alpha value is -3.94. The minimum Gasteiger partial charge on any atom is -0.464 e. The molecule has 1 aromatic heterocycles. The van der Waals surface area contributed by atoms with E-state index in [1.54, 1.807) is 11.5 Å². The van der Waals surface area contributed by atoms with Gasteiger partial charge in [-0.05, 0) is 25.0 Å². The standard InChI is InChI=1S/C25H26N4O4/c1-17-9-11-18(12-10-17)13-26-24(32)25(2)15-28-16-27-20(23(31)33-3)21(28)22(30)29(25)14-19-7-5-4-6-8-19/h4-12,16H,13-15H2,1-3H3,(H,26,32)/t25-/m1/s1. The molecule has 2 amide bonds. The van der Waals surface area contributed by atoms with Gasteiger partial charge < -0.3 is 19.5 Å². The second kappa shape index (κ2) is 8.90. The van der Waals surface area contributed by atoms with Crippen molar-refractivity contribution in [3.05, 3.63) is 89.0 Å². The first-order valence-electron chi connectivity index (χ1n) is 10.7. The second-order valence-corrected chi connectivity index (χ2v) is 8.38. The number of carbonyl (C=O) groups is 3. The van der Waals surface area contributed by atoms with Gasteiger partial charge in [-0.25, -0.2) is 9.78 Å². The van der Waals surface area contributed by atoms with Crippen LogP contribution in [0.15, 0.2) is 60.9 Å². The van der Waals surface area contributed by atoms with Gasteiger partial charge in [-0.3, -0.25) is 9.59 Å². The molecule has 0 saturated carbocycles. The Balaban J connectivity index is 1.67. The summed E-state index contributed by atoms with van der Waals surface area (Å²) < 4.78 is 6.35. The van der Waals surface area contributed by atoms with Crippen LogP contribution >= 0.6 is 0 Å². The van der Waals surface area contributed by atoms with Crippen molar-refractivity contribution < 1.29 is 19.1 Å². The Labute approximate surface area is 192 Å². The summed E-state index contributed by atoms with van der Waals surface area (Å²) in [6.45, 7) is 4.44. The molecular weight excluding hydrogens is 420 g/mol. The lowest BCUT2D eigenvalue weighted by Crippen LogP contribution is -2.63. The number of rotatable bonds is 6. The van der Waals surface area contributed by atoms with Gasteiger partial charge in [0.05, 0.1) is 20.0 Å². The first-order chi connectivity index (χ1) is 15.8. The number of esters is 1. The molecule has 1 aliphatic rings. The number of hydrogen-bond donors (Lipinski definition) is 1. The van der Waals surface area contributed by atoms with E-state index >= 15 is 0 Å². The first-order valence-corrected chi connectivity index (χ1v) is 10.7. The monoisotopic (exact) mass is 446 g/mol. The molecule has 1 atom stereocenters. The van der Waals surface area contributed by atoms with Gasteiger partial charge in [0.1, 0.15) is 11.2 Å². The number of nitrogens with one attached hydrogen (secondary N) is 1. The molecule has 0 fully saturated rings. The molecule has 4 rings (SSSR count). The summed E-state index contributed by atoms with van der Waals surface area (Å²) in [5, 5.41) is 2.98. The molecule has 0 aliphatic carbocycles. The summed E-state index contributed by atoms with van der Waals surface area (Å²) in [6.07, 6.45) is 1.41. The van der Waals surface area contributed by atoms with E-state index in [1.807, 2.05) is 61.5 Å². The zero-order valence-corrected chi connectivity index (χ0v) is 18.9. The molecule has 3 aromatic rings. The fraction of sp³-hybridized carbons (Fsp3) is 0.280. The predicted molar refractivity (Wildman–Crippen MR) is 121 cm³/mol. The Morgan fingerprint density at radius 1 is 1.09 bits per heavy atom. The van der Waals surface area contributed by atoms with Crippen LogP contribution < -0.4 is 5.32 Å². The lowest BCUT2D eigenvalue weighted by atomic mass is 9.93. The highest BCUT2D eigenvalue weighted by molar-refractivity contribution is 6.06. The molecule has 8 heteroatoms. The zero-order chi connectivity index (χ0) is 23.6. The van der Waals surface area contributed by atoms with Gasteiger partial charge in [0.15, 0.2) is 5.69 Å². The van der Waals surface area contributed by atoms with Crippen LogP contribution in [0.2, 0.25) is 0 Å². The van der Waals surface area contributed by atoms with Crippen LogP contribution in [0.5, 0.6) is 0 Å². The van der Waals surface area contributed by atoms with Gasteiger partial charge >= 0.3 is 5.97 Å². The highest BCUT2D eigenvalue weighted by Crippen LogP contribution is 2.31. The maximum Gasteiger partial charge on any atom is 0.359 e. The van der Waals surface area contributed by atoms with Crippen LogP contribution in [0.1, 0.15) is 44.6 Å². The minimum atomic E-state index is -1.20. The summed E-state index contributed by atoms with van der Waals surface area (Å²) >= 11 is 0. The first kappa shape index (κ1) is 22.3. The van der Waals surface area contributed by atoms with E-state index in [0.29, 0.717) is 6.54 Å². The van der Waals surface area contributed by atoms with Gasteiger partial charge in [-0.2, -0.15) is 0 Å². The smallest absolute Gasteiger partial charge is 0.359 e. The zero-order valence-electron chi connectivity index (χ0n) is 18.9. The van der Waals surface area contributed by atoms with E-state index in [9.17, 15) is 14.4 Å². The summed E-state index contributed by atoms with van der Waals surface area (Å²) in [5.41, 5.74) is 1.85. The third kappa shape index (κ3) is 4.24. The Morgan fingerprint density at radius 2 is 1.79 bits per heavy atom. The van der Waals surface area contributed by atoms with Crippen LogP contribution in [0.25, 0.3) is 0 Å². The number of ether oxygens (including phenoxy) is 1. The van der Waals surface area contributed by atoms with E-state index in [4.69, 9.17) is 4.74 Å². The van der Waals surface area contributed by atoms with Crippen molar-refractivity contribution in [2.45, 2.75) is 39.0 Å². The molecule has 0 unspecified atom stereocenters. The van der Waals surface area contributed by atoms with Crippen molar-refractivity contribution in [1.82, 2.24) is 19.8 Å². The lowest BCUT2D eigenvalue weighted by molar-refractivity contribution is -0.133. The molecule has 1 N–H and O–H groups in total. The van der Waals surface area contributed by atoms with Crippen LogP contribution in [0.3, 0.4) is 0 Å². The molecular formula is C25H26N4O4. The number of aryl methyl sites for hydroxylation is 1. The molecule has 8 nitrogen and oxygen atoms in total. The Bertz CT molecular complexity index is 1190. The fourth-order valence-corrected chi connectivity index (χ4v) is 4.03. The normalized spacial score (nSPS) is 17.4. The van der Waals surface area contributed by atoms with E-state index in [1.165, 1.54) is 18.3 Å². The van der Waals surface area contributed by atoms with E-state index in [2.05, 4.69) is 10.3 Å². The third-order valence-corrected chi connectivity index (χ3v) is 5.98. The molecule has 0 saturated heterocycles. The molecule has 0 spiro atoms. The number of imidazole rings is 1. The molecule has 0 radical (unpaired) electrons. The van der Waals surface area contributed by atoms with Gasteiger partial charge in [0.2, 0.25) is 5.91 Å². The number of hydrogen-bond acceptors (Lipinski definition) is 5. The van der Waals surface area contributed by atoms with Gasteiger partial charge in [0.25, 0.3) is 5.91 Å². The van der Waals surface area contributed by atoms with Gasteiger partial charge in [-0.15, -0.1) is 0 Å². The van der Waals surface area contributed by atoms with Crippen molar-refractivity contribution >= 4 is 17.8 Å². The predicted octanol–water partition coefficient (Wildman–Crippen LogP) is 2.71. The number of methoxy groups -OCH3 is 1. The Kier molecular flexibility index (Phi) is 6.00. The number of carbonyl (C=O) groups excluding carboxylic acids is 3. The molecule has 33 heavy (non-hydrogen) atoms. The SMILES string of the molecule is COC(=O)c1ncn2c1C(=O)N(Cc1ccccc1)[C@@](C)(C(=O)NCc1ccc(C)cc1)C2. The average molecular weight is 447 g/mol. The molecule has 2 aromatic carbocycles. The maximum atomic E-state index is 13.6. The fourth-order valence-electron chi connectivity index (χ4n) is 4.03. The van der Waals surface area contributed by atoms with Crippen molar-refractivity contribution in [2.75, 3.05) is 7.11 Å². The van der Waals surface area contributed by atoms with E-state index in [-0.39, 0.29) is 30.4 Å². The van der Waals surface area contributed by atoms with Crippen LogP contribution in [0, 0.1) is 6.92 Å². The minimum absolute atomic E-state index is 0.0531. The highest BCUT2D eigenvalue weighted by Gasteiger charge is 2.48. The largest absolute Gasteiger partial charge is 0.464 e. The highest BCUT2D eigenvalue weighted by atomic mass is 16.5. The van der Waals surface area contributed by atoms with Crippen molar-refractivity contribution in [2.24, 2.45) is 0 Å². The average Bonchev–Trinajstić information content (AvgIpc) is 3.25. The van der Waals surface area contributed by atoms with Crippen LogP contribution in [0.4, 0.5) is 0 Å². The van der Waals surface area contributed by atoms with Crippen molar-refractivity contribution in [3.63, 3.8) is 0 Å². The quantitative estimate of drug-likeness (QED) is 0.588. The molecule has 1 aliphatic heterocycles. The number of benzene rings is 2. The van der Waals surface area contributed by atoms with E-state index < -0.39 is 17.4 Å². The second-order valence-electron chi connectivity index (χ2n) is 8.38. The van der Waals surface area contributed by atoms with E-state index in [0.717, 1.165) is 16.7 Å². The molecule has 170 valence electrons. The molecule has 2 heterocycles. The lowest BCUT2D eigenvalue weighted by Gasteiger charge is -2.43. The number of fused-ring (bicyclic) bond motifs is 1. The maximum absolute atomic E-state index is 13.6. The Morgan fingerprint density at radius 3 is 2.45 bits per heavy atom. The number of nitrogens with zero attached hydrogens (tertiary/aromatic N) is 3.